The molecule has 6 heteroatoms. The molecule has 0 N–H and O–H groups in total. The normalized spacial score (nSPS) is 12.0. The van der Waals surface area contributed by atoms with Gasteiger partial charge >= 0.3 is 0 Å². The number of hydrogen-bond donors (Lipinski definition) is 0. The summed E-state index contributed by atoms with van der Waals surface area (Å²) in [6.07, 6.45) is 0. The minimum atomic E-state index is 0.852. The maximum absolute atomic E-state index is 7.08. The highest BCUT2D eigenvalue weighted by molar-refractivity contribution is 7.26. The van der Waals surface area contributed by atoms with Crippen LogP contribution in [0.15, 0.2) is 239 Å². The first-order valence-corrected chi connectivity index (χ1v) is 25.2. The van der Waals surface area contributed by atoms with Crippen molar-refractivity contribution in [2.45, 2.75) is 0 Å². The molecule has 0 aliphatic carbocycles. The minimum absolute atomic E-state index is 0.852. The first-order valence-electron chi connectivity index (χ1n) is 23.6. The summed E-state index contributed by atoms with van der Waals surface area (Å²) in [5.41, 5.74) is 11.9. The molecule has 0 saturated carbocycles. The van der Waals surface area contributed by atoms with E-state index in [9.17, 15) is 0 Å². The van der Waals surface area contributed by atoms with E-state index in [2.05, 4.69) is 234 Å². The van der Waals surface area contributed by atoms with Crippen molar-refractivity contribution in [2.24, 2.45) is 0 Å². The third-order valence-electron chi connectivity index (χ3n) is 14.0. The van der Waals surface area contributed by atoms with Gasteiger partial charge in [-0.15, -0.1) is 22.7 Å². The van der Waals surface area contributed by atoms with Crippen molar-refractivity contribution in [1.82, 2.24) is 0 Å². The third-order valence-corrected chi connectivity index (χ3v) is 16.4. The lowest BCUT2D eigenvalue weighted by atomic mass is 10.0. The number of anilines is 6. The molecule has 0 amide bonds. The molecule has 15 aromatic rings. The summed E-state index contributed by atoms with van der Waals surface area (Å²) in [6, 6.07) is 83.1. The maximum atomic E-state index is 7.08. The van der Waals surface area contributed by atoms with Gasteiger partial charge in [0.25, 0.3) is 0 Å². The van der Waals surface area contributed by atoms with Crippen LogP contribution >= 0.6 is 22.7 Å². The Balaban J connectivity index is 0.943. The standard InChI is InChI=1S/C64H38N2O2S2/c1-2-20-44-39(15-1)35-36-50-49-25-12-29-54(62(49)68-60(44)50)66(56-31-14-27-52-47-23-5-8-34-59(47)70-64(52)56)43-19-10-17-41(38-43)40-16-9-18-42(37-40)65(53-28-11-24-48-45-21-3-6-32-57(45)67-61(48)53)55-30-13-26-51-46-22-4-7-33-58(46)69-63(51)55/h1-38H. The number of fused-ring (bicyclic) bond motifs is 14. The van der Waals surface area contributed by atoms with Gasteiger partial charge in [0, 0.05) is 69.3 Å². The molecule has 0 fully saturated rings. The Morgan fingerprint density at radius 3 is 1.34 bits per heavy atom. The smallest absolute Gasteiger partial charge is 0.159 e. The quantitative estimate of drug-likeness (QED) is 0.159. The predicted molar refractivity (Wildman–Crippen MR) is 299 cm³/mol. The maximum Gasteiger partial charge on any atom is 0.159 e. The van der Waals surface area contributed by atoms with Gasteiger partial charge in [-0.1, -0.05) is 158 Å². The van der Waals surface area contributed by atoms with E-state index in [0.29, 0.717) is 0 Å². The van der Waals surface area contributed by atoms with Crippen LogP contribution in [0.25, 0.3) is 106 Å². The first-order chi connectivity index (χ1) is 34.7. The molecule has 0 spiro atoms. The lowest BCUT2D eigenvalue weighted by molar-refractivity contribution is 0.669. The van der Waals surface area contributed by atoms with Crippen LogP contribution in [0.3, 0.4) is 0 Å². The monoisotopic (exact) mass is 930 g/mol. The zero-order chi connectivity index (χ0) is 45.9. The van der Waals surface area contributed by atoms with Crippen molar-refractivity contribution in [1.29, 1.82) is 0 Å². The van der Waals surface area contributed by atoms with E-state index in [1.165, 1.54) is 40.3 Å². The van der Waals surface area contributed by atoms with Gasteiger partial charge in [-0.05, 0) is 89.3 Å². The molecule has 328 valence electrons. The molecule has 0 bridgehead atoms. The minimum Gasteiger partial charge on any atom is -0.454 e. The highest BCUT2D eigenvalue weighted by Crippen LogP contribution is 2.51. The highest BCUT2D eigenvalue weighted by atomic mass is 32.1. The SMILES string of the molecule is c1cc(-c2cccc(N(c3cccc4c3oc3c5ccccc5ccc43)c3cccc4c3sc3ccccc34)c2)cc(N(c2cccc3c2oc2ccccc23)c2cccc3c2sc2ccccc23)c1. The Hall–Kier alpha value is -8.68. The largest absolute Gasteiger partial charge is 0.454 e. The van der Waals surface area contributed by atoms with Crippen molar-refractivity contribution in [3.8, 4) is 11.1 Å². The Kier molecular flexibility index (Phi) is 8.66. The van der Waals surface area contributed by atoms with Gasteiger partial charge in [0.1, 0.15) is 11.2 Å². The number of nitrogens with zero attached hydrogens (tertiary/aromatic N) is 2. The van der Waals surface area contributed by atoms with Crippen molar-refractivity contribution in [3.63, 3.8) is 0 Å². The average molecular weight is 931 g/mol. The van der Waals surface area contributed by atoms with E-state index < -0.39 is 0 Å². The van der Waals surface area contributed by atoms with E-state index in [-0.39, 0.29) is 0 Å². The number of para-hydroxylation sites is 3. The molecule has 0 aliphatic heterocycles. The second-order valence-electron chi connectivity index (χ2n) is 17.9. The highest BCUT2D eigenvalue weighted by Gasteiger charge is 2.25. The Labute approximate surface area is 409 Å². The van der Waals surface area contributed by atoms with Gasteiger partial charge in [-0.2, -0.15) is 0 Å². The fraction of sp³-hybridized carbons (Fsp3) is 0. The zero-order valence-corrected chi connectivity index (χ0v) is 39.1. The number of hydrogen-bond acceptors (Lipinski definition) is 6. The summed E-state index contributed by atoms with van der Waals surface area (Å²) < 4.78 is 18.8. The summed E-state index contributed by atoms with van der Waals surface area (Å²) in [5.74, 6) is 0. The number of benzene rings is 11. The van der Waals surface area contributed by atoms with Gasteiger partial charge in [0.2, 0.25) is 0 Å². The van der Waals surface area contributed by atoms with Crippen molar-refractivity contribution < 1.29 is 8.83 Å². The summed E-state index contributed by atoms with van der Waals surface area (Å²) in [4.78, 5) is 4.81. The second kappa shape index (κ2) is 15.4. The Morgan fingerprint density at radius 2 is 0.729 bits per heavy atom. The topological polar surface area (TPSA) is 32.8 Å². The molecule has 4 nitrogen and oxygen atoms in total. The zero-order valence-electron chi connectivity index (χ0n) is 37.5. The number of thiophene rings is 2. The molecule has 4 heterocycles. The van der Waals surface area contributed by atoms with E-state index in [1.54, 1.807) is 0 Å². The van der Waals surface area contributed by atoms with E-state index >= 15 is 0 Å². The van der Waals surface area contributed by atoms with Crippen LogP contribution in [0.5, 0.6) is 0 Å². The van der Waals surface area contributed by atoms with Crippen molar-refractivity contribution in [3.05, 3.63) is 231 Å². The van der Waals surface area contributed by atoms with Crippen molar-refractivity contribution in [2.75, 3.05) is 9.80 Å². The average Bonchev–Trinajstić information content (AvgIpc) is 4.21. The van der Waals surface area contributed by atoms with Crippen LogP contribution in [-0.4, -0.2) is 0 Å². The predicted octanol–water partition coefficient (Wildman–Crippen LogP) is 20.0. The molecule has 4 aromatic heterocycles. The van der Waals surface area contributed by atoms with E-state index in [1.807, 2.05) is 28.7 Å². The van der Waals surface area contributed by atoms with Crippen molar-refractivity contribution >= 4 is 152 Å². The molecular weight excluding hydrogens is 893 g/mol. The van der Waals surface area contributed by atoms with Gasteiger partial charge in [-0.3, -0.25) is 0 Å². The first kappa shape index (κ1) is 39.3. The van der Waals surface area contributed by atoms with Crippen LogP contribution in [0.4, 0.5) is 34.1 Å². The van der Waals surface area contributed by atoms with Crippen LogP contribution in [-0.2, 0) is 0 Å². The summed E-state index contributed by atoms with van der Waals surface area (Å²) in [7, 11) is 0. The fourth-order valence-electron chi connectivity index (χ4n) is 10.9. The lowest BCUT2D eigenvalue weighted by Crippen LogP contribution is -2.11. The summed E-state index contributed by atoms with van der Waals surface area (Å²) in [6.45, 7) is 0. The molecule has 11 aromatic carbocycles. The molecule has 0 unspecified atom stereocenters. The second-order valence-corrected chi connectivity index (χ2v) is 20.1. The van der Waals surface area contributed by atoms with Crippen LogP contribution in [0, 0.1) is 0 Å². The van der Waals surface area contributed by atoms with Gasteiger partial charge in [0.15, 0.2) is 11.2 Å². The summed E-state index contributed by atoms with van der Waals surface area (Å²) in [5, 5.41) is 11.7. The van der Waals surface area contributed by atoms with Gasteiger partial charge in [0.05, 0.1) is 32.1 Å². The fourth-order valence-corrected chi connectivity index (χ4v) is 13.3. The summed E-state index contributed by atoms with van der Waals surface area (Å²) >= 11 is 3.68. The molecule has 0 saturated heterocycles. The van der Waals surface area contributed by atoms with Gasteiger partial charge < -0.3 is 18.6 Å². The van der Waals surface area contributed by atoms with Crippen LogP contribution in [0.1, 0.15) is 0 Å². The van der Waals surface area contributed by atoms with E-state index in [0.717, 1.165) is 99.9 Å². The number of rotatable bonds is 7. The molecule has 70 heavy (non-hydrogen) atoms. The molecule has 0 aliphatic rings. The Morgan fingerprint density at radius 1 is 0.286 bits per heavy atom. The molecule has 0 atom stereocenters. The molecule has 0 radical (unpaired) electrons. The van der Waals surface area contributed by atoms with Gasteiger partial charge in [-0.25, -0.2) is 0 Å². The Bertz CT molecular complexity index is 4480. The lowest BCUT2D eigenvalue weighted by Gasteiger charge is -2.27. The van der Waals surface area contributed by atoms with E-state index in [4.69, 9.17) is 8.83 Å². The molecule has 15 rings (SSSR count). The third kappa shape index (κ3) is 5.94. The van der Waals surface area contributed by atoms with Crippen LogP contribution < -0.4 is 9.80 Å². The van der Waals surface area contributed by atoms with Crippen LogP contribution in [0.2, 0.25) is 0 Å². The number of furan rings is 2. The molecular formula is C64H38N2O2S2.